The number of halogens is 1. The average Bonchev–Trinajstić information content (AvgIpc) is 2.95. The van der Waals surface area contributed by atoms with Crippen LogP contribution in [-0.2, 0) is 4.79 Å². The highest BCUT2D eigenvalue weighted by molar-refractivity contribution is 8.15. The zero-order valence-corrected chi connectivity index (χ0v) is 14.2. The summed E-state index contributed by atoms with van der Waals surface area (Å²) in [6.45, 7) is 2.05. The van der Waals surface area contributed by atoms with E-state index < -0.39 is 0 Å². The van der Waals surface area contributed by atoms with E-state index in [4.69, 9.17) is 4.74 Å². The summed E-state index contributed by atoms with van der Waals surface area (Å²) in [5.74, 6) is 0.236. The smallest absolute Gasteiger partial charge is 0.264 e. The molecule has 4 nitrogen and oxygen atoms in total. The van der Waals surface area contributed by atoms with Gasteiger partial charge in [-0.3, -0.25) is 4.79 Å². The van der Waals surface area contributed by atoms with Crippen molar-refractivity contribution in [2.75, 3.05) is 7.11 Å². The van der Waals surface area contributed by atoms with Gasteiger partial charge in [-0.1, -0.05) is 30.8 Å². The molecule has 0 N–H and O–H groups in total. The van der Waals surface area contributed by atoms with E-state index in [9.17, 15) is 9.18 Å². The van der Waals surface area contributed by atoms with Crippen LogP contribution >= 0.6 is 11.8 Å². The Bertz CT molecular complexity index is 777. The van der Waals surface area contributed by atoms with Gasteiger partial charge >= 0.3 is 0 Å². The molecular weight excluding hydrogens is 327 g/mol. The number of carbonyl (C=O) groups is 1. The van der Waals surface area contributed by atoms with Gasteiger partial charge in [0.1, 0.15) is 11.1 Å². The lowest BCUT2D eigenvalue weighted by molar-refractivity contribution is -0.117. The zero-order valence-electron chi connectivity index (χ0n) is 13.4. The van der Waals surface area contributed by atoms with Crippen LogP contribution in [0.4, 0.5) is 4.39 Å². The Morgan fingerprint density at radius 2 is 2.04 bits per heavy atom. The molecule has 124 valence electrons. The van der Waals surface area contributed by atoms with E-state index in [-0.39, 0.29) is 22.9 Å². The van der Waals surface area contributed by atoms with Crippen LogP contribution in [0.25, 0.3) is 0 Å². The van der Waals surface area contributed by atoms with Crippen LogP contribution in [0.1, 0.15) is 35.6 Å². The van der Waals surface area contributed by atoms with Crippen molar-refractivity contribution in [3.63, 3.8) is 0 Å². The molecule has 1 aliphatic rings. The minimum absolute atomic E-state index is 0.158. The molecule has 0 fully saturated rings. The van der Waals surface area contributed by atoms with Crippen molar-refractivity contribution >= 4 is 22.7 Å². The number of aromatic nitrogens is 1. The van der Waals surface area contributed by atoms with Crippen molar-refractivity contribution in [2.45, 2.75) is 24.5 Å². The summed E-state index contributed by atoms with van der Waals surface area (Å²) in [6.07, 6.45) is 2.28. The van der Waals surface area contributed by atoms with Crippen LogP contribution in [0.5, 0.6) is 5.88 Å². The van der Waals surface area contributed by atoms with Gasteiger partial charge in [0.15, 0.2) is 0 Å². The maximum Gasteiger partial charge on any atom is 0.264 e. The monoisotopic (exact) mass is 344 g/mol. The average molecular weight is 344 g/mol. The Morgan fingerprint density at radius 1 is 1.29 bits per heavy atom. The second-order valence-electron chi connectivity index (χ2n) is 5.63. The Balaban J connectivity index is 1.69. The molecule has 2 heterocycles. The van der Waals surface area contributed by atoms with Crippen LogP contribution < -0.4 is 4.74 Å². The molecule has 0 saturated heterocycles. The third kappa shape index (κ3) is 3.64. The summed E-state index contributed by atoms with van der Waals surface area (Å²) in [7, 11) is 1.54. The van der Waals surface area contributed by atoms with Crippen molar-refractivity contribution in [1.29, 1.82) is 0 Å². The standard InChI is InChI=1S/C18H17FN2O2S/c1-11(12-3-5-14(19)6-4-12)9-16-21-18(22)17(24-16)13-7-8-20-15(10-13)23-2/h3-8,10-11,17H,9H2,1-2H3/t11-,17-/m1/s1. The van der Waals surface area contributed by atoms with Gasteiger partial charge in [0.2, 0.25) is 5.88 Å². The normalized spacial score (nSPS) is 18.4. The van der Waals surface area contributed by atoms with Crippen molar-refractivity contribution in [1.82, 2.24) is 4.98 Å². The predicted octanol–water partition coefficient (Wildman–Crippen LogP) is 4.14. The number of pyridine rings is 1. The predicted molar refractivity (Wildman–Crippen MR) is 93.0 cm³/mol. The van der Waals surface area contributed by atoms with E-state index in [1.807, 2.05) is 6.92 Å². The summed E-state index contributed by atoms with van der Waals surface area (Å²) in [5.41, 5.74) is 1.87. The fourth-order valence-corrected chi connectivity index (χ4v) is 3.77. The van der Waals surface area contributed by atoms with Gasteiger partial charge in [0.05, 0.1) is 12.2 Å². The van der Waals surface area contributed by atoms with Crippen LogP contribution in [0, 0.1) is 5.82 Å². The topological polar surface area (TPSA) is 51.5 Å². The quantitative estimate of drug-likeness (QED) is 0.818. The van der Waals surface area contributed by atoms with Gasteiger partial charge in [-0.2, -0.15) is 0 Å². The second-order valence-corrected chi connectivity index (χ2v) is 6.81. The Kier molecular flexibility index (Phi) is 4.94. The summed E-state index contributed by atoms with van der Waals surface area (Å²) in [5, 5.41) is 0.454. The first-order chi connectivity index (χ1) is 11.6. The van der Waals surface area contributed by atoms with Crippen LogP contribution in [-0.4, -0.2) is 23.0 Å². The Hall–Kier alpha value is -2.21. The van der Waals surface area contributed by atoms with Crippen molar-refractivity contribution in [3.05, 3.63) is 59.5 Å². The van der Waals surface area contributed by atoms with E-state index in [1.165, 1.54) is 23.9 Å². The van der Waals surface area contributed by atoms with Gasteiger partial charge < -0.3 is 4.74 Å². The number of ether oxygens (including phenoxy) is 1. The van der Waals surface area contributed by atoms with Gasteiger partial charge in [-0.05, 0) is 35.2 Å². The fourth-order valence-electron chi connectivity index (χ4n) is 2.57. The first-order valence-electron chi connectivity index (χ1n) is 7.60. The molecule has 1 aromatic carbocycles. The van der Waals surface area contributed by atoms with Crippen LogP contribution in [0.2, 0.25) is 0 Å². The van der Waals surface area contributed by atoms with E-state index in [0.717, 1.165) is 16.2 Å². The van der Waals surface area contributed by atoms with Gasteiger partial charge in [-0.15, -0.1) is 0 Å². The van der Waals surface area contributed by atoms with Crippen molar-refractivity contribution < 1.29 is 13.9 Å². The van der Waals surface area contributed by atoms with Crippen LogP contribution in [0.3, 0.4) is 0 Å². The number of carbonyl (C=O) groups excluding carboxylic acids is 1. The highest BCUT2D eigenvalue weighted by Crippen LogP contribution is 2.39. The number of hydrogen-bond acceptors (Lipinski definition) is 4. The number of benzene rings is 1. The van der Waals surface area contributed by atoms with Crippen molar-refractivity contribution in [3.8, 4) is 5.88 Å². The minimum Gasteiger partial charge on any atom is -0.481 e. The highest BCUT2D eigenvalue weighted by Gasteiger charge is 2.30. The fraction of sp³-hybridized carbons (Fsp3) is 0.278. The molecule has 2 aromatic rings. The Morgan fingerprint density at radius 3 is 2.75 bits per heavy atom. The summed E-state index contributed by atoms with van der Waals surface area (Å²) in [4.78, 5) is 20.5. The van der Waals surface area contributed by atoms with Crippen molar-refractivity contribution in [2.24, 2.45) is 4.99 Å². The number of rotatable bonds is 5. The number of nitrogens with zero attached hydrogens (tertiary/aromatic N) is 2. The lowest BCUT2D eigenvalue weighted by atomic mass is 9.98. The second kappa shape index (κ2) is 7.13. The van der Waals surface area contributed by atoms with E-state index in [0.29, 0.717) is 12.3 Å². The highest BCUT2D eigenvalue weighted by atomic mass is 32.2. The molecule has 24 heavy (non-hydrogen) atoms. The SMILES string of the molecule is COc1cc([C@H]2SC(C[C@@H](C)c3ccc(F)cc3)=NC2=O)ccn1. The largest absolute Gasteiger partial charge is 0.481 e. The van der Waals surface area contributed by atoms with Gasteiger partial charge in [-0.25, -0.2) is 14.4 Å². The third-order valence-electron chi connectivity index (χ3n) is 3.90. The lowest BCUT2D eigenvalue weighted by Crippen LogP contribution is -2.02. The van der Waals surface area contributed by atoms with E-state index in [2.05, 4.69) is 9.98 Å². The van der Waals surface area contributed by atoms with Crippen LogP contribution in [0.15, 0.2) is 47.6 Å². The summed E-state index contributed by atoms with van der Waals surface area (Å²) < 4.78 is 18.1. The first kappa shape index (κ1) is 16.6. The molecule has 0 aliphatic carbocycles. The molecule has 1 aliphatic heterocycles. The number of hydrogen-bond donors (Lipinski definition) is 0. The molecule has 0 radical (unpaired) electrons. The molecule has 0 saturated carbocycles. The maximum atomic E-state index is 13.0. The molecule has 1 amide bonds. The first-order valence-corrected chi connectivity index (χ1v) is 8.48. The number of aliphatic imine (C=N–C) groups is 1. The molecule has 0 unspecified atom stereocenters. The maximum absolute atomic E-state index is 13.0. The van der Waals surface area contributed by atoms with E-state index >= 15 is 0 Å². The minimum atomic E-state index is -0.350. The Labute approximate surface area is 144 Å². The van der Waals surface area contributed by atoms with E-state index in [1.54, 1.807) is 37.6 Å². The number of methoxy groups -OCH3 is 1. The third-order valence-corrected chi connectivity index (χ3v) is 5.14. The molecule has 0 spiro atoms. The molecule has 3 rings (SSSR count). The lowest BCUT2D eigenvalue weighted by Gasteiger charge is -2.12. The molecule has 6 heteroatoms. The number of thioether (sulfide) groups is 1. The molecule has 2 atom stereocenters. The molecule has 0 bridgehead atoms. The number of amides is 1. The molecular formula is C18H17FN2O2S. The molecule has 1 aromatic heterocycles. The zero-order chi connectivity index (χ0) is 17.1. The van der Waals surface area contributed by atoms with Gasteiger partial charge in [0.25, 0.3) is 5.91 Å². The van der Waals surface area contributed by atoms with Gasteiger partial charge in [0, 0.05) is 18.7 Å². The summed E-state index contributed by atoms with van der Waals surface area (Å²) in [6, 6.07) is 10.0. The summed E-state index contributed by atoms with van der Waals surface area (Å²) >= 11 is 1.46.